The van der Waals surface area contributed by atoms with Crippen LogP contribution >= 0.6 is 0 Å². The number of hydrogen-bond acceptors (Lipinski definition) is 3. The van der Waals surface area contributed by atoms with Crippen LogP contribution in [0, 0.1) is 5.41 Å². The Morgan fingerprint density at radius 2 is 2.10 bits per heavy atom. The Bertz CT molecular complexity index is 470. The highest BCUT2D eigenvalue weighted by atomic mass is 16.7. The molecule has 0 aromatic heterocycles. The van der Waals surface area contributed by atoms with Crippen molar-refractivity contribution in [3.8, 4) is 11.5 Å². The molecule has 1 saturated carbocycles. The molecule has 3 rings (SSSR count). The topological polar surface area (TPSA) is 30.5 Å². The fraction of sp³-hybridized carbons (Fsp3) is 0.647. The highest BCUT2D eigenvalue weighted by Crippen LogP contribution is 2.36. The van der Waals surface area contributed by atoms with Crippen LogP contribution in [0.2, 0.25) is 0 Å². The van der Waals surface area contributed by atoms with Gasteiger partial charge in [0, 0.05) is 18.2 Å². The molecule has 1 unspecified atom stereocenters. The van der Waals surface area contributed by atoms with E-state index in [-0.39, 0.29) is 0 Å². The van der Waals surface area contributed by atoms with E-state index in [1.165, 1.54) is 37.7 Å². The third kappa shape index (κ3) is 3.09. The molecule has 0 spiro atoms. The first kappa shape index (κ1) is 13.7. The molecular weight excluding hydrogens is 250 g/mol. The zero-order chi connectivity index (χ0) is 14.0. The summed E-state index contributed by atoms with van der Waals surface area (Å²) in [5.74, 6) is 1.81. The Hall–Kier alpha value is -1.22. The molecule has 20 heavy (non-hydrogen) atoms. The van der Waals surface area contributed by atoms with Gasteiger partial charge < -0.3 is 14.8 Å². The van der Waals surface area contributed by atoms with Crippen LogP contribution in [0.15, 0.2) is 18.2 Å². The molecule has 1 aromatic carbocycles. The van der Waals surface area contributed by atoms with Crippen LogP contribution in [0.4, 0.5) is 0 Å². The van der Waals surface area contributed by atoms with Crippen LogP contribution in [0.3, 0.4) is 0 Å². The molecule has 110 valence electrons. The lowest BCUT2D eigenvalue weighted by Gasteiger charge is -2.22. The van der Waals surface area contributed by atoms with Crippen molar-refractivity contribution in [3.05, 3.63) is 23.8 Å². The minimum Gasteiger partial charge on any atom is -0.454 e. The predicted molar refractivity (Wildman–Crippen MR) is 80.1 cm³/mol. The third-order valence-electron chi connectivity index (χ3n) is 4.64. The van der Waals surface area contributed by atoms with Crippen LogP contribution < -0.4 is 14.8 Å². The molecule has 1 aliphatic carbocycles. The molecule has 0 saturated heterocycles. The Morgan fingerprint density at radius 1 is 1.20 bits per heavy atom. The molecule has 3 heteroatoms. The first-order valence-electron chi connectivity index (χ1n) is 7.75. The molecule has 0 bridgehead atoms. The lowest BCUT2D eigenvalue weighted by atomic mass is 9.85. The molecule has 1 atom stereocenters. The van der Waals surface area contributed by atoms with Crippen LogP contribution in [0.1, 0.15) is 51.5 Å². The van der Waals surface area contributed by atoms with Gasteiger partial charge in [-0.05, 0) is 37.2 Å². The second-order valence-electron chi connectivity index (χ2n) is 6.82. The summed E-state index contributed by atoms with van der Waals surface area (Å²) in [4.78, 5) is 0. The number of para-hydroxylation sites is 1. The number of ether oxygens (including phenoxy) is 2. The Kier molecular flexibility index (Phi) is 3.88. The molecule has 0 radical (unpaired) electrons. The van der Waals surface area contributed by atoms with Crippen molar-refractivity contribution in [2.45, 2.75) is 58.5 Å². The zero-order valence-electron chi connectivity index (χ0n) is 12.6. The number of rotatable bonds is 3. The number of hydrogen-bond donors (Lipinski definition) is 1. The van der Waals surface area contributed by atoms with Gasteiger partial charge >= 0.3 is 0 Å². The summed E-state index contributed by atoms with van der Waals surface area (Å²) in [6.45, 7) is 6.01. The predicted octanol–water partition coefficient (Wildman–Crippen LogP) is 3.86. The first-order valence-corrected chi connectivity index (χ1v) is 7.75. The molecule has 1 aromatic rings. The second-order valence-corrected chi connectivity index (χ2v) is 6.82. The minimum atomic E-state index is 0.351. The zero-order valence-corrected chi connectivity index (χ0v) is 12.6. The quantitative estimate of drug-likeness (QED) is 0.850. The van der Waals surface area contributed by atoms with Crippen molar-refractivity contribution >= 4 is 0 Å². The summed E-state index contributed by atoms with van der Waals surface area (Å²) in [7, 11) is 0. The van der Waals surface area contributed by atoms with Gasteiger partial charge in [0.1, 0.15) is 0 Å². The molecule has 1 N–H and O–H groups in total. The lowest BCUT2D eigenvalue weighted by Crippen LogP contribution is -2.28. The van der Waals surface area contributed by atoms with Crippen molar-refractivity contribution in [2.75, 3.05) is 6.79 Å². The maximum absolute atomic E-state index is 5.57. The van der Waals surface area contributed by atoms with Crippen LogP contribution in [-0.2, 0) is 6.54 Å². The normalized spacial score (nSPS) is 24.4. The van der Waals surface area contributed by atoms with Gasteiger partial charge in [0.05, 0.1) is 0 Å². The van der Waals surface area contributed by atoms with E-state index in [2.05, 4.69) is 25.2 Å². The van der Waals surface area contributed by atoms with Gasteiger partial charge in [0.25, 0.3) is 0 Å². The van der Waals surface area contributed by atoms with Crippen molar-refractivity contribution in [1.29, 1.82) is 0 Å². The van der Waals surface area contributed by atoms with Crippen molar-refractivity contribution in [1.82, 2.24) is 5.32 Å². The summed E-state index contributed by atoms with van der Waals surface area (Å²) in [6.07, 6.45) is 6.56. The Balaban J connectivity index is 1.59. The monoisotopic (exact) mass is 275 g/mol. The summed E-state index contributed by atoms with van der Waals surface area (Å²) < 4.78 is 11.0. The highest BCUT2D eigenvalue weighted by Gasteiger charge is 2.24. The second kappa shape index (κ2) is 5.65. The van der Waals surface area contributed by atoms with E-state index in [0.717, 1.165) is 18.0 Å². The SMILES string of the molecule is CC1(C)CCCC(NCc2cccc3c2OCO3)CC1. The fourth-order valence-corrected chi connectivity index (χ4v) is 3.25. The van der Waals surface area contributed by atoms with Crippen LogP contribution in [0.5, 0.6) is 11.5 Å². The maximum atomic E-state index is 5.57. The lowest BCUT2D eigenvalue weighted by molar-refractivity contribution is 0.173. The van der Waals surface area contributed by atoms with Gasteiger partial charge in [-0.3, -0.25) is 0 Å². The van der Waals surface area contributed by atoms with Crippen molar-refractivity contribution < 1.29 is 9.47 Å². The fourth-order valence-electron chi connectivity index (χ4n) is 3.25. The summed E-state index contributed by atoms with van der Waals surface area (Å²) in [5, 5.41) is 3.71. The van der Waals surface area contributed by atoms with Crippen molar-refractivity contribution in [3.63, 3.8) is 0 Å². The van der Waals surface area contributed by atoms with E-state index in [1.807, 2.05) is 12.1 Å². The number of benzene rings is 1. The van der Waals surface area contributed by atoms with E-state index >= 15 is 0 Å². The average molecular weight is 275 g/mol. The van der Waals surface area contributed by atoms with Gasteiger partial charge in [0.15, 0.2) is 11.5 Å². The third-order valence-corrected chi connectivity index (χ3v) is 4.64. The van der Waals surface area contributed by atoms with Gasteiger partial charge in [-0.1, -0.05) is 32.4 Å². The molecule has 1 fully saturated rings. The smallest absolute Gasteiger partial charge is 0.231 e. The molecule has 3 nitrogen and oxygen atoms in total. The summed E-state index contributed by atoms with van der Waals surface area (Å²) in [5.41, 5.74) is 1.73. The molecule has 1 heterocycles. The van der Waals surface area contributed by atoms with E-state index in [9.17, 15) is 0 Å². The van der Waals surface area contributed by atoms with E-state index < -0.39 is 0 Å². The maximum Gasteiger partial charge on any atom is 0.231 e. The van der Waals surface area contributed by atoms with Gasteiger partial charge in [-0.2, -0.15) is 0 Å². The largest absolute Gasteiger partial charge is 0.454 e. The summed E-state index contributed by atoms with van der Waals surface area (Å²) in [6, 6.07) is 6.77. The summed E-state index contributed by atoms with van der Waals surface area (Å²) >= 11 is 0. The Labute approximate surface area is 121 Å². The first-order chi connectivity index (χ1) is 9.64. The number of fused-ring (bicyclic) bond motifs is 1. The van der Waals surface area contributed by atoms with Gasteiger partial charge in [-0.25, -0.2) is 0 Å². The molecule has 0 amide bonds. The van der Waals surface area contributed by atoms with Crippen LogP contribution in [0.25, 0.3) is 0 Å². The highest BCUT2D eigenvalue weighted by molar-refractivity contribution is 5.48. The van der Waals surface area contributed by atoms with E-state index in [1.54, 1.807) is 0 Å². The number of nitrogens with one attached hydrogen (secondary N) is 1. The molecular formula is C17H25NO2. The Morgan fingerprint density at radius 3 is 3.00 bits per heavy atom. The molecule has 1 aliphatic heterocycles. The van der Waals surface area contributed by atoms with E-state index in [0.29, 0.717) is 18.2 Å². The van der Waals surface area contributed by atoms with Crippen molar-refractivity contribution in [2.24, 2.45) is 5.41 Å². The molecule has 2 aliphatic rings. The van der Waals surface area contributed by atoms with Gasteiger partial charge in [0.2, 0.25) is 6.79 Å². The standard InChI is InChI=1S/C17H25NO2/c1-17(2)9-4-6-14(8-10-17)18-11-13-5-3-7-15-16(13)20-12-19-15/h3,5,7,14,18H,4,6,8-12H2,1-2H3. The van der Waals surface area contributed by atoms with Crippen LogP contribution in [-0.4, -0.2) is 12.8 Å². The minimum absolute atomic E-state index is 0.351. The average Bonchev–Trinajstić information content (AvgIpc) is 2.83. The van der Waals surface area contributed by atoms with E-state index in [4.69, 9.17) is 9.47 Å². The van der Waals surface area contributed by atoms with Gasteiger partial charge in [-0.15, -0.1) is 0 Å².